The van der Waals surface area contributed by atoms with Crippen molar-refractivity contribution in [1.29, 1.82) is 0 Å². The molecule has 0 fully saturated rings. The highest BCUT2D eigenvalue weighted by Crippen LogP contribution is 2.36. The van der Waals surface area contributed by atoms with Gasteiger partial charge in [-0.3, -0.25) is 4.79 Å². The first-order chi connectivity index (χ1) is 15.0. The lowest BCUT2D eigenvalue weighted by atomic mass is 10.1. The summed E-state index contributed by atoms with van der Waals surface area (Å²) in [7, 11) is 0. The van der Waals surface area contributed by atoms with Crippen LogP contribution in [0, 0.1) is 0 Å². The molecule has 0 saturated heterocycles. The van der Waals surface area contributed by atoms with Gasteiger partial charge in [0, 0.05) is 6.20 Å². The summed E-state index contributed by atoms with van der Waals surface area (Å²) in [5.41, 5.74) is -1.50. The minimum absolute atomic E-state index is 0.00123. The summed E-state index contributed by atoms with van der Waals surface area (Å²) < 4.78 is 83.1. The average molecular weight is 453 g/mol. The maximum Gasteiger partial charge on any atom is 0.416 e. The minimum atomic E-state index is -4.99. The van der Waals surface area contributed by atoms with E-state index in [0.29, 0.717) is 24.1 Å². The fourth-order valence-corrected chi connectivity index (χ4v) is 2.52. The molecule has 1 N–H and O–H groups in total. The van der Waals surface area contributed by atoms with Gasteiger partial charge in [0.15, 0.2) is 0 Å². The summed E-state index contributed by atoms with van der Waals surface area (Å²) in [5, 5.41) is 3.47. The molecule has 0 atom stereocenters. The standard InChI is InChI=1S/C21H13F6N3O2/c22-20(23,24)14-9-13(10-15(11-14)21(25,26)27)12-29-30-18(31)17-7-4-8-28-19(17)32-16-5-2-1-3-6-16/h1-12H,(H,30,31). The molecule has 1 aromatic heterocycles. The maximum atomic E-state index is 12.9. The number of hydrogen-bond donors (Lipinski definition) is 1. The third kappa shape index (κ3) is 5.84. The van der Waals surface area contributed by atoms with Crippen molar-refractivity contribution >= 4 is 12.1 Å². The number of carbonyl (C=O) groups excluding carboxylic acids is 1. The minimum Gasteiger partial charge on any atom is -0.438 e. The number of hydrazone groups is 1. The molecule has 0 bridgehead atoms. The van der Waals surface area contributed by atoms with Crippen LogP contribution in [0.5, 0.6) is 11.6 Å². The molecule has 0 aliphatic carbocycles. The van der Waals surface area contributed by atoms with Gasteiger partial charge in [0.2, 0.25) is 5.88 Å². The van der Waals surface area contributed by atoms with E-state index in [1.165, 1.54) is 18.3 Å². The lowest BCUT2D eigenvalue weighted by Crippen LogP contribution is -2.19. The maximum absolute atomic E-state index is 12.9. The Bertz CT molecular complexity index is 1100. The number of halogens is 6. The van der Waals surface area contributed by atoms with E-state index in [4.69, 9.17) is 4.74 Å². The number of hydrogen-bond acceptors (Lipinski definition) is 4. The van der Waals surface area contributed by atoms with E-state index in [0.717, 1.165) is 0 Å². The van der Waals surface area contributed by atoms with Crippen LogP contribution in [-0.2, 0) is 12.4 Å². The number of benzene rings is 2. The molecule has 2 aromatic carbocycles. The summed E-state index contributed by atoms with van der Waals surface area (Å²) in [6, 6.07) is 12.2. The molecule has 3 rings (SSSR count). The Morgan fingerprint density at radius 1 is 0.906 bits per heavy atom. The lowest BCUT2D eigenvalue weighted by Gasteiger charge is -2.12. The molecular weight excluding hydrogens is 440 g/mol. The van der Waals surface area contributed by atoms with Crippen LogP contribution in [-0.4, -0.2) is 17.1 Å². The van der Waals surface area contributed by atoms with Crippen LogP contribution in [0.2, 0.25) is 0 Å². The predicted molar refractivity (Wildman–Crippen MR) is 102 cm³/mol. The lowest BCUT2D eigenvalue weighted by molar-refractivity contribution is -0.143. The van der Waals surface area contributed by atoms with Gasteiger partial charge in [0.25, 0.3) is 5.91 Å². The highest BCUT2D eigenvalue weighted by atomic mass is 19.4. The topological polar surface area (TPSA) is 63.6 Å². The molecule has 0 spiro atoms. The highest BCUT2D eigenvalue weighted by molar-refractivity contribution is 5.97. The van der Waals surface area contributed by atoms with Gasteiger partial charge in [-0.15, -0.1) is 0 Å². The summed E-state index contributed by atoms with van der Waals surface area (Å²) in [5.74, 6) is -0.500. The first-order valence-corrected chi connectivity index (χ1v) is 8.85. The van der Waals surface area contributed by atoms with Crippen molar-refractivity contribution in [2.24, 2.45) is 5.10 Å². The van der Waals surface area contributed by atoms with Gasteiger partial charge in [0.1, 0.15) is 11.3 Å². The van der Waals surface area contributed by atoms with Gasteiger partial charge in [0.05, 0.1) is 17.3 Å². The molecule has 0 aliphatic rings. The molecule has 0 radical (unpaired) electrons. The van der Waals surface area contributed by atoms with Gasteiger partial charge in [-0.2, -0.15) is 31.4 Å². The molecule has 32 heavy (non-hydrogen) atoms. The van der Waals surface area contributed by atoms with Gasteiger partial charge >= 0.3 is 12.4 Å². The number of aromatic nitrogens is 1. The fraction of sp³-hybridized carbons (Fsp3) is 0.0952. The van der Waals surface area contributed by atoms with Crippen molar-refractivity contribution < 1.29 is 35.9 Å². The molecule has 0 unspecified atom stereocenters. The number of carbonyl (C=O) groups is 1. The Morgan fingerprint density at radius 3 is 2.12 bits per heavy atom. The summed E-state index contributed by atoms with van der Waals surface area (Å²) in [6.07, 6.45) is -7.94. The number of rotatable bonds is 5. The zero-order chi connectivity index (χ0) is 23.4. The fourth-order valence-electron chi connectivity index (χ4n) is 2.52. The van der Waals surface area contributed by atoms with Crippen molar-refractivity contribution in [2.75, 3.05) is 0 Å². The van der Waals surface area contributed by atoms with E-state index in [1.54, 1.807) is 30.3 Å². The molecule has 3 aromatic rings. The van der Waals surface area contributed by atoms with Crippen molar-refractivity contribution in [3.63, 3.8) is 0 Å². The van der Waals surface area contributed by atoms with Crippen LogP contribution in [0.3, 0.4) is 0 Å². The molecule has 0 saturated carbocycles. The van der Waals surface area contributed by atoms with E-state index >= 15 is 0 Å². The number of nitrogens with one attached hydrogen (secondary N) is 1. The normalized spacial score (nSPS) is 12.1. The molecule has 166 valence electrons. The van der Waals surface area contributed by atoms with E-state index in [-0.39, 0.29) is 17.5 Å². The zero-order valence-corrected chi connectivity index (χ0v) is 15.9. The van der Waals surface area contributed by atoms with Gasteiger partial charge < -0.3 is 4.74 Å². The predicted octanol–water partition coefficient (Wildman–Crippen LogP) is 5.68. The number of nitrogens with zero attached hydrogens (tertiary/aromatic N) is 2. The highest BCUT2D eigenvalue weighted by Gasteiger charge is 2.36. The van der Waals surface area contributed by atoms with Crippen LogP contribution < -0.4 is 10.2 Å². The number of para-hydroxylation sites is 1. The van der Waals surface area contributed by atoms with E-state index in [1.807, 2.05) is 5.43 Å². The van der Waals surface area contributed by atoms with Crippen molar-refractivity contribution in [3.05, 3.63) is 89.1 Å². The second-order valence-corrected chi connectivity index (χ2v) is 6.31. The number of amides is 1. The molecule has 11 heteroatoms. The van der Waals surface area contributed by atoms with Crippen LogP contribution in [0.4, 0.5) is 26.3 Å². The Balaban J connectivity index is 1.80. The molecule has 5 nitrogen and oxygen atoms in total. The third-order valence-corrected chi connectivity index (χ3v) is 3.96. The van der Waals surface area contributed by atoms with Crippen molar-refractivity contribution in [1.82, 2.24) is 10.4 Å². The number of alkyl halides is 6. The Kier molecular flexibility index (Phi) is 6.47. The van der Waals surface area contributed by atoms with Crippen molar-refractivity contribution in [2.45, 2.75) is 12.4 Å². The van der Waals surface area contributed by atoms with Gasteiger partial charge in [-0.1, -0.05) is 18.2 Å². The first-order valence-electron chi connectivity index (χ1n) is 8.85. The Labute approximate surface area is 177 Å². The third-order valence-electron chi connectivity index (χ3n) is 3.96. The van der Waals surface area contributed by atoms with Crippen molar-refractivity contribution in [3.8, 4) is 11.6 Å². The second-order valence-electron chi connectivity index (χ2n) is 6.31. The molecule has 0 aliphatic heterocycles. The quantitative estimate of drug-likeness (QED) is 0.307. The van der Waals surface area contributed by atoms with Gasteiger partial charge in [-0.05, 0) is 48.0 Å². The monoisotopic (exact) mass is 453 g/mol. The Hall–Kier alpha value is -3.89. The van der Waals surface area contributed by atoms with E-state index in [9.17, 15) is 31.1 Å². The molecular formula is C21H13F6N3O2. The van der Waals surface area contributed by atoms with Crippen LogP contribution in [0.15, 0.2) is 72.0 Å². The first kappa shape index (κ1) is 22.8. The average Bonchev–Trinajstić information content (AvgIpc) is 2.73. The number of pyridine rings is 1. The van der Waals surface area contributed by atoms with E-state index < -0.39 is 35.0 Å². The van der Waals surface area contributed by atoms with Crippen LogP contribution in [0.25, 0.3) is 0 Å². The van der Waals surface area contributed by atoms with E-state index in [2.05, 4.69) is 10.1 Å². The zero-order valence-electron chi connectivity index (χ0n) is 15.9. The molecule has 1 amide bonds. The SMILES string of the molecule is O=C(NN=Cc1cc(C(F)(F)F)cc(C(F)(F)F)c1)c1cccnc1Oc1ccccc1. The summed E-state index contributed by atoms with van der Waals surface area (Å²) >= 11 is 0. The summed E-state index contributed by atoms with van der Waals surface area (Å²) in [6.45, 7) is 0. The molecule has 1 heterocycles. The largest absolute Gasteiger partial charge is 0.438 e. The Morgan fingerprint density at radius 2 is 1.53 bits per heavy atom. The van der Waals surface area contributed by atoms with Crippen LogP contribution in [0.1, 0.15) is 27.0 Å². The second kappa shape index (κ2) is 9.08. The van der Waals surface area contributed by atoms with Crippen LogP contribution >= 0.6 is 0 Å². The smallest absolute Gasteiger partial charge is 0.416 e. The number of ether oxygens (including phenoxy) is 1. The summed E-state index contributed by atoms with van der Waals surface area (Å²) in [4.78, 5) is 16.3. The van der Waals surface area contributed by atoms with Gasteiger partial charge in [-0.25, -0.2) is 10.4 Å².